The molecule has 2 aromatic carbocycles. The molecule has 2 saturated heterocycles. The molecule has 10 atom stereocenters. The standard InChI is InChI=1S/C30H32O18/c31-9-18-22(37)24(39)26(41)29(47-18)44-13-5-15(33)14-7-17(28(45-16(14)6-13)11-1-3-12(32)4-2-11)46-30-27(42)25(40)23(38)19(48-30)10-43-21(36)8-20(34)35/h1-7,18-19,22-27,29-31,37-42H,8-10H2,(H2-,32,33,34,35)/p+1/t18?,19?,22-,23-,24+,25+,26?,27?,29-,30-/m1/s1. The fourth-order valence-corrected chi connectivity index (χ4v) is 5.07. The minimum Gasteiger partial charge on any atom is -0.508 e. The van der Waals surface area contributed by atoms with Gasteiger partial charge in [-0.15, -0.1) is 0 Å². The second-order valence-electron chi connectivity index (χ2n) is 11.0. The van der Waals surface area contributed by atoms with E-state index in [1.165, 1.54) is 36.4 Å². The number of benzene rings is 2. The number of hydrogen-bond donors (Lipinski definition) is 10. The minimum absolute atomic E-state index is 0.00119. The van der Waals surface area contributed by atoms with Crippen molar-refractivity contribution in [2.24, 2.45) is 0 Å². The first-order chi connectivity index (χ1) is 22.8. The highest BCUT2D eigenvalue weighted by Gasteiger charge is 2.47. The molecular weight excluding hydrogens is 648 g/mol. The number of carboxylic acid groups (broad SMARTS) is 1. The van der Waals surface area contributed by atoms with Gasteiger partial charge in [0.1, 0.15) is 84.5 Å². The number of esters is 1. The van der Waals surface area contributed by atoms with E-state index in [0.717, 1.165) is 6.07 Å². The van der Waals surface area contributed by atoms with Crippen LogP contribution >= 0.6 is 0 Å². The summed E-state index contributed by atoms with van der Waals surface area (Å²) >= 11 is 0. The van der Waals surface area contributed by atoms with Gasteiger partial charge in [0.05, 0.1) is 18.2 Å². The Labute approximate surface area is 269 Å². The number of carboxylic acids is 1. The smallest absolute Gasteiger partial charge is 0.402 e. The first-order valence-corrected chi connectivity index (χ1v) is 14.4. The van der Waals surface area contributed by atoms with Crippen molar-refractivity contribution in [2.75, 3.05) is 13.2 Å². The third-order valence-electron chi connectivity index (χ3n) is 7.65. The fraction of sp³-hybridized carbons (Fsp3) is 0.433. The number of carbonyl (C=O) groups excluding carboxylic acids is 1. The number of ether oxygens (including phenoxy) is 5. The van der Waals surface area contributed by atoms with E-state index in [9.17, 15) is 55.5 Å². The lowest BCUT2D eigenvalue weighted by Gasteiger charge is -2.39. The molecule has 2 aliphatic heterocycles. The summed E-state index contributed by atoms with van der Waals surface area (Å²) < 4.78 is 33.3. The van der Waals surface area contributed by atoms with Crippen LogP contribution in [0.25, 0.3) is 22.3 Å². The Morgan fingerprint density at radius 1 is 0.771 bits per heavy atom. The molecule has 2 fully saturated rings. The summed E-state index contributed by atoms with van der Waals surface area (Å²) in [5.74, 6) is -3.58. The van der Waals surface area contributed by atoms with Gasteiger partial charge in [0.25, 0.3) is 0 Å². The molecule has 48 heavy (non-hydrogen) atoms. The van der Waals surface area contributed by atoms with Gasteiger partial charge in [-0.05, 0) is 24.3 Å². The first-order valence-electron chi connectivity index (χ1n) is 14.4. The molecule has 2 aliphatic rings. The van der Waals surface area contributed by atoms with Crippen molar-refractivity contribution < 1.29 is 88.8 Å². The van der Waals surface area contributed by atoms with Gasteiger partial charge in [0, 0.05) is 12.1 Å². The number of rotatable bonds is 10. The molecule has 0 bridgehead atoms. The Balaban J connectivity index is 1.47. The number of fused-ring (bicyclic) bond motifs is 1. The number of hydrogen-bond acceptors (Lipinski definition) is 16. The lowest BCUT2D eigenvalue weighted by molar-refractivity contribution is -0.278. The summed E-state index contributed by atoms with van der Waals surface area (Å²) in [5.41, 5.74) is 0.239. The van der Waals surface area contributed by atoms with Crippen molar-refractivity contribution >= 4 is 22.9 Å². The third kappa shape index (κ3) is 7.36. The van der Waals surface area contributed by atoms with Gasteiger partial charge in [0.15, 0.2) is 0 Å². The lowest BCUT2D eigenvalue weighted by atomic mass is 9.99. The Hall–Kier alpha value is -4.37. The van der Waals surface area contributed by atoms with E-state index < -0.39 is 98.7 Å². The molecule has 0 spiro atoms. The maximum absolute atomic E-state index is 11.7. The molecule has 0 saturated carbocycles. The number of aliphatic carboxylic acids is 1. The SMILES string of the molecule is O=C(O)CC(=O)OCC1O[C@@H](Oc2cc3c(O)cc(O[C@@H]4OC(CO)[C@@H](O)[C@H](O)C4O)cc3[o+]c2-c2ccc(O)cc2)C(O)[C@@H](O)[C@@H]1O. The van der Waals surface area contributed by atoms with Crippen LogP contribution in [0.3, 0.4) is 0 Å². The quantitative estimate of drug-likeness (QED) is 0.0640. The van der Waals surface area contributed by atoms with E-state index in [4.69, 9.17) is 33.2 Å². The van der Waals surface area contributed by atoms with E-state index in [-0.39, 0.29) is 39.5 Å². The van der Waals surface area contributed by atoms with Crippen molar-refractivity contribution in [3.8, 4) is 34.3 Å². The molecule has 3 heterocycles. The van der Waals surface area contributed by atoms with Gasteiger partial charge < -0.3 is 74.7 Å². The first kappa shape index (κ1) is 35.0. The van der Waals surface area contributed by atoms with Gasteiger partial charge >= 0.3 is 23.3 Å². The van der Waals surface area contributed by atoms with Gasteiger partial charge in [-0.25, -0.2) is 4.42 Å². The number of aliphatic hydroxyl groups is 7. The van der Waals surface area contributed by atoms with Crippen molar-refractivity contribution in [3.05, 3.63) is 42.5 Å². The van der Waals surface area contributed by atoms with Crippen LogP contribution in [0, 0.1) is 0 Å². The predicted octanol–water partition coefficient (Wildman–Crippen LogP) is -1.82. The van der Waals surface area contributed by atoms with Crippen LogP contribution in [-0.4, -0.2) is 138 Å². The van der Waals surface area contributed by atoms with Crippen LogP contribution in [0.5, 0.6) is 23.0 Å². The number of carbonyl (C=O) groups is 2. The van der Waals surface area contributed by atoms with Crippen LogP contribution in [0.4, 0.5) is 0 Å². The number of aromatic hydroxyl groups is 2. The zero-order chi connectivity index (χ0) is 34.9. The molecule has 10 N–H and O–H groups in total. The minimum atomic E-state index is -1.88. The van der Waals surface area contributed by atoms with E-state index >= 15 is 0 Å². The topological polar surface area (TPSA) is 294 Å². The summed E-state index contributed by atoms with van der Waals surface area (Å²) in [7, 11) is 0. The monoisotopic (exact) mass is 681 g/mol. The fourth-order valence-electron chi connectivity index (χ4n) is 5.07. The normalized spacial score (nSPS) is 30.5. The summed E-state index contributed by atoms with van der Waals surface area (Å²) in [6, 6.07) is 9.15. The zero-order valence-electron chi connectivity index (χ0n) is 24.7. The number of phenols is 2. The summed E-state index contributed by atoms with van der Waals surface area (Å²) in [6.45, 7) is -1.41. The van der Waals surface area contributed by atoms with Gasteiger partial charge in [-0.1, -0.05) is 0 Å². The Kier molecular flexibility index (Phi) is 10.5. The summed E-state index contributed by atoms with van der Waals surface area (Å²) in [4.78, 5) is 22.5. The van der Waals surface area contributed by atoms with E-state index in [1.54, 1.807) is 0 Å². The summed E-state index contributed by atoms with van der Waals surface area (Å²) in [6.07, 6.45) is -17.7. The highest BCUT2D eigenvalue weighted by Crippen LogP contribution is 2.41. The number of aliphatic hydroxyl groups excluding tert-OH is 7. The van der Waals surface area contributed by atoms with E-state index in [0.29, 0.717) is 0 Å². The van der Waals surface area contributed by atoms with Gasteiger partial charge in [-0.3, -0.25) is 9.59 Å². The van der Waals surface area contributed by atoms with Crippen molar-refractivity contribution in [1.29, 1.82) is 0 Å². The second kappa shape index (κ2) is 14.4. The number of phenolic OH excluding ortho intramolecular Hbond substituents is 2. The lowest BCUT2D eigenvalue weighted by Crippen LogP contribution is -2.60. The third-order valence-corrected chi connectivity index (χ3v) is 7.65. The zero-order valence-corrected chi connectivity index (χ0v) is 24.7. The predicted molar refractivity (Wildman–Crippen MR) is 154 cm³/mol. The molecule has 0 radical (unpaired) electrons. The average molecular weight is 682 g/mol. The maximum Gasteiger partial charge on any atom is 0.402 e. The van der Waals surface area contributed by atoms with Crippen molar-refractivity contribution in [1.82, 2.24) is 0 Å². The Bertz CT molecular complexity index is 1610. The Morgan fingerprint density at radius 3 is 2.00 bits per heavy atom. The highest BCUT2D eigenvalue weighted by atomic mass is 16.7. The van der Waals surface area contributed by atoms with E-state index in [1.807, 2.05) is 0 Å². The highest BCUT2D eigenvalue weighted by molar-refractivity contribution is 5.90. The molecule has 5 rings (SSSR count). The molecule has 3 aromatic rings. The van der Waals surface area contributed by atoms with Gasteiger partial charge in [0.2, 0.25) is 18.3 Å². The second-order valence-corrected chi connectivity index (χ2v) is 11.0. The van der Waals surface area contributed by atoms with Crippen molar-refractivity contribution in [2.45, 2.75) is 67.8 Å². The molecule has 1 aromatic heterocycles. The largest absolute Gasteiger partial charge is 0.508 e. The Morgan fingerprint density at radius 2 is 1.38 bits per heavy atom. The average Bonchev–Trinajstić information content (AvgIpc) is 3.04. The molecule has 18 nitrogen and oxygen atoms in total. The molecule has 260 valence electrons. The molecule has 0 amide bonds. The van der Waals surface area contributed by atoms with Gasteiger partial charge in [-0.2, -0.15) is 0 Å². The van der Waals surface area contributed by atoms with Crippen LogP contribution in [0.1, 0.15) is 6.42 Å². The van der Waals surface area contributed by atoms with Crippen LogP contribution in [-0.2, 0) is 23.8 Å². The molecule has 0 aliphatic carbocycles. The summed E-state index contributed by atoms with van der Waals surface area (Å²) in [5, 5.41) is 101. The van der Waals surface area contributed by atoms with E-state index in [2.05, 4.69) is 0 Å². The van der Waals surface area contributed by atoms with Crippen LogP contribution in [0.15, 0.2) is 46.9 Å². The molecule has 18 heteroatoms. The molecule has 4 unspecified atom stereocenters. The maximum atomic E-state index is 11.7. The van der Waals surface area contributed by atoms with Crippen LogP contribution < -0.4 is 9.47 Å². The van der Waals surface area contributed by atoms with Crippen molar-refractivity contribution in [3.63, 3.8) is 0 Å². The molecular formula is C30H33O18+. The van der Waals surface area contributed by atoms with Crippen LogP contribution in [0.2, 0.25) is 0 Å².